The van der Waals surface area contributed by atoms with Crippen LogP contribution in [-0.2, 0) is 13.0 Å². The van der Waals surface area contributed by atoms with Gasteiger partial charge < -0.3 is 14.4 Å². The third-order valence-electron chi connectivity index (χ3n) is 4.79. The van der Waals surface area contributed by atoms with Crippen molar-refractivity contribution in [3.63, 3.8) is 0 Å². The summed E-state index contributed by atoms with van der Waals surface area (Å²) in [4.78, 5) is 16.8. The minimum absolute atomic E-state index is 0.214. The zero-order chi connectivity index (χ0) is 21.1. The van der Waals surface area contributed by atoms with Gasteiger partial charge in [-0.15, -0.1) is 0 Å². The van der Waals surface area contributed by atoms with E-state index in [2.05, 4.69) is 25.7 Å². The molecule has 9 nitrogen and oxygen atoms in total. The molecule has 0 saturated carbocycles. The Kier molecular flexibility index (Phi) is 5.42. The molecular formula is C21H22N6O3. The van der Waals surface area contributed by atoms with Gasteiger partial charge in [-0.2, -0.15) is 10.1 Å². The highest BCUT2D eigenvalue weighted by Crippen LogP contribution is 2.27. The second-order valence-electron chi connectivity index (χ2n) is 6.83. The quantitative estimate of drug-likeness (QED) is 0.501. The van der Waals surface area contributed by atoms with E-state index in [-0.39, 0.29) is 11.6 Å². The van der Waals surface area contributed by atoms with Crippen molar-refractivity contribution in [3.05, 3.63) is 59.3 Å². The van der Waals surface area contributed by atoms with E-state index in [0.717, 1.165) is 29.1 Å². The molecular weight excluding hydrogens is 384 g/mol. The van der Waals surface area contributed by atoms with Crippen molar-refractivity contribution in [2.45, 2.75) is 33.7 Å². The standard InChI is InChI=1S/C21H22N6O3/c1-4-27-14(3)19(13(2)24-27)17-12-16(25-29-17)20(28)22-11-10-18-23-21(30-26-18)15-8-6-5-7-9-15/h5-9,12H,4,10-11H2,1-3H3,(H,22,28). The largest absolute Gasteiger partial charge is 0.355 e. The molecule has 0 aliphatic carbocycles. The van der Waals surface area contributed by atoms with Gasteiger partial charge in [-0.05, 0) is 32.9 Å². The molecule has 0 unspecified atom stereocenters. The van der Waals surface area contributed by atoms with Gasteiger partial charge in [0.05, 0.1) is 11.3 Å². The van der Waals surface area contributed by atoms with Crippen molar-refractivity contribution in [1.29, 1.82) is 0 Å². The second kappa shape index (κ2) is 8.32. The first-order valence-electron chi connectivity index (χ1n) is 9.74. The van der Waals surface area contributed by atoms with Crippen molar-refractivity contribution in [1.82, 2.24) is 30.4 Å². The van der Waals surface area contributed by atoms with Crippen LogP contribution >= 0.6 is 0 Å². The molecule has 0 fully saturated rings. The Morgan fingerprint density at radius 2 is 1.93 bits per heavy atom. The second-order valence-corrected chi connectivity index (χ2v) is 6.83. The van der Waals surface area contributed by atoms with Crippen LogP contribution in [0.2, 0.25) is 0 Å². The molecule has 0 spiro atoms. The normalized spacial score (nSPS) is 11.0. The highest BCUT2D eigenvalue weighted by atomic mass is 16.5. The smallest absolute Gasteiger partial charge is 0.273 e. The highest BCUT2D eigenvalue weighted by Gasteiger charge is 2.20. The predicted molar refractivity (Wildman–Crippen MR) is 109 cm³/mol. The van der Waals surface area contributed by atoms with Crippen molar-refractivity contribution >= 4 is 5.91 Å². The number of carbonyl (C=O) groups excluding carboxylic acids is 1. The van der Waals surface area contributed by atoms with Crippen LogP contribution < -0.4 is 5.32 Å². The van der Waals surface area contributed by atoms with Crippen LogP contribution in [0.15, 0.2) is 45.4 Å². The monoisotopic (exact) mass is 406 g/mol. The number of nitrogens with zero attached hydrogens (tertiary/aromatic N) is 5. The molecule has 3 aromatic heterocycles. The van der Waals surface area contributed by atoms with Gasteiger partial charge in [0, 0.05) is 36.8 Å². The van der Waals surface area contributed by atoms with E-state index in [9.17, 15) is 4.79 Å². The maximum absolute atomic E-state index is 12.4. The fraction of sp³-hybridized carbons (Fsp3) is 0.286. The van der Waals surface area contributed by atoms with Crippen molar-refractivity contribution in [2.75, 3.05) is 6.54 Å². The van der Waals surface area contributed by atoms with E-state index in [1.165, 1.54) is 0 Å². The fourth-order valence-electron chi connectivity index (χ4n) is 3.29. The maximum atomic E-state index is 12.4. The molecule has 154 valence electrons. The Balaban J connectivity index is 1.37. The zero-order valence-corrected chi connectivity index (χ0v) is 17.0. The lowest BCUT2D eigenvalue weighted by Crippen LogP contribution is -2.26. The van der Waals surface area contributed by atoms with Crippen LogP contribution in [0.5, 0.6) is 0 Å². The Bertz CT molecular complexity index is 1160. The average molecular weight is 406 g/mol. The van der Waals surface area contributed by atoms with Gasteiger partial charge in [-0.1, -0.05) is 28.5 Å². The summed E-state index contributed by atoms with van der Waals surface area (Å²) in [5.41, 5.74) is 3.75. The van der Waals surface area contributed by atoms with E-state index in [1.807, 2.05) is 55.8 Å². The van der Waals surface area contributed by atoms with Crippen molar-refractivity contribution in [2.24, 2.45) is 0 Å². The third kappa shape index (κ3) is 3.86. The minimum Gasteiger partial charge on any atom is -0.355 e. The Labute approximate surface area is 173 Å². The topological polar surface area (TPSA) is 112 Å². The van der Waals surface area contributed by atoms with Gasteiger partial charge in [-0.3, -0.25) is 9.48 Å². The number of aryl methyl sites for hydroxylation is 2. The molecule has 0 aliphatic rings. The number of hydrogen-bond donors (Lipinski definition) is 1. The van der Waals surface area contributed by atoms with Gasteiger partial charge in [0.15, 0.2) is 17.3 Å². The summed E-state index contributed by atoms with van der Waals surface area (Å²) in [6, 6.07) is 11.2. The third-order valence-corrected chi connectivity index (χ3v) is 4.79. The molecule has 4 rings (SSSR count). The highest BCUT2D eigenvalue weighted by molar-refractivity contribution is 5.93. The fourth-order valence-corrected chi connectivity index (χ4v) is 3.29. The number of benzene rings is 1. The van der Waals surface area contributed by atoms with Crippen LogP contribution in [0.3, 0.4) is 0 Å². The van der Waals surface area contributed by atoms with Crippen LogP contribution in [0, 0.1) is 13.8 Å². The van der Waals surface area contributed by atoms with Gasteiger partial charge in [0.1, 0.15) is 0 Å². The molecule has 1 amide bonds. The molecule has 1 aromatic carbocycles. The van der Waals surface area contributed by atoms with Crippen LogP contribution in [-0.4, -0.2) is 37.5 Å². The molecule has 1 N–H and O–H groups in total. The summed E-state index contributed by atoms with van der Waals surface area (Å²) in [7, 11) is 0. The number of amides is 1. The van der Waals surface area contributed by atoms with E-state index < -0.39 is 0 Å². The minimum atomic E-state index is -0.324. The predicted octanol–water partition coefficient (Wildman–Crippen LogP) is 3.20. The van der Waals surface area contributed by atoms with Crippen LogP contribution in [0.4, 0.5) is 0 Å². The van der Waals surface area contributed by atoms with Gasteiger partial charge in [-0.25, -0.2) is 0 Å². The molecule has 0 aliphatic heterocycles. The summed E-state index contributed by atoms with van der Waals surface area (Å²) < 4.78 is 12.6. The van der Waals surface area contributed by atoms with Gasteiger partial charge >= 0.3 is 0 Å². The molecule has 30 heavy (non-hydrogen) atoms. The van der Waals surface area contributed by atoms with E-state index in [0.29, 0.717) is 30.4 Å². The summed E-state index contributed by atoms with van der Waals surface area (Å²) in [5.74, 6) is 1.18. The van der Waals surface area contributed by atoms with Gasteiger partial charge in [0.25, 0.3) is 11.8 Å². The van der Waals surface area contributed by atoms with E-state index in [1.54, 1.807) is 6.07 Å². The van der Waals surface area contributed by atoms with Crippen molar-refractivity contribution < 1.29 is 13.8 Å². The number of nitrogens with one attached hydrogen (secondary N) is 1. The Morgan fingerprint density at radius 3 is 2.67 bits per heavy atom. The molecule has 4 aromatic rings. The first-order valence-corrected chi connectivity index (χ1v) is 9.74. The Morgan fingerprint density at radius 1 is 1.13 bits per heavy atom. The molecule has 0 bridgehead atoms. The van der Waals surface area contributed by atoms with E-state index in [4.69, 9.17) is 9.05 Å². The maximum Gasteiger partial charge on any atom is 0.273 e. The number of aromatic nitrogens is 5. The SMILES string of the molecule is CCn1nc(C)c(-c2cc(C(=O)NCCc3noc(-c4ccccc4)n3)no2)c1C. The summed E-state index contributed by atoms with van der Waals surface area (Å²) in [6.07, 6.45) is 0.439. The average Bonchev–Trinajstić information content (AvgIpc) is 3.48. The Hall–Kier alpha value is -3.75. The lowest BCUT2D eigenvalue weighted by atomic mass is 10.1. The lowest BCUT2D eigenvalue weighted by molar-refractivity contribution is 0.0945. The zero-order valence-electron chi connectivity index (χ0n) is 17.0. The number of rotatable bonds is 7. The van der Waals surface area contributed by atoms with Crippen LogP contribution in [0.25, 0.3) is 22.8 Å². The van der Waals surface area contributed by atoms with E-state index >= 15 is 0 Å². The first-order chi connectivity index (χ1) is 14.6. The molecule has 0 radical (unpaired) electrons. The van der Waals surface area contributed by atoms with Crippen LogP contribution in [0.1, 0.15) is 34.6 Å². The summed E-state index contributed by atoms with van der Waals surface area (Å²) >= 11 is 0. The lowest BCUT2D eigenvalue weighted by Gasteiger charge is -1.99. The van der Waals surface area contributed by atoms with Crippen molar-refractivity contribution in [3.8, 4) is 22.8 Å². The number of hydrogen-bond acceptors (Lipinski definition) is 7. The molecule has 0 atom stereocenters. The first kappa shape index (κ1) is 19.6. The number of carbonyl (C=O) groups is 1. The van der Waals surface area contributed by atoms with Gasteiger partial charge in [0.2, 0.25) is 0 Å². The molecule has 0 saturated heterocycles. The molecule has 3 heterocycles. The summed E-state index contributed by atoms with van der Waals surface area (Å²) in [6.45, 7) is 7.01. The molecule has 9 heteroatoms. The summed E-state index contributed by atoms with van der Waals surface area (Å²) in [5, 5.41) is 15.1.